The zero-order valence-electron chi connectivity index (χ0n) is 19.3. The molecule has 33 heavy (non-hydrogen) atoms. The van der Waals surface area contributed by atoms with Crippen LogP contribution < -0.4 is 0 Å². The minimum absolute atomic E-state index is 0.0937. The zero-order valence-corrected chi connectivity index (χ0v) is 19.3. The van der Waals surface area contributed by atoms with Crippen LogP contribution in [-0.2, 0) is 16.1 Å². The molecule has 1 saturated carbocycles. The first-order valence-corrected chi connectivity index (χ1v) is 12.1. The summed E-state index contributed by atoms with van der Waals surface area (Å²) in [7, 11) is 0. The molecule has 2 amide bonds. The fourth-order valence-corrected chi connectivity index (χ4v) is 5.49. The molecule has 2 aromatic heterocycles. The highest BCUT2D eigenvalue weighted by molar-refractivity contribution is 5.85. The van der Waals surface area contributed by atoms with E-state index in [1.165, 1.54) is 12.8 Å². The van der Waals surface area contributed by atoms with Gasteiger partial charge in [0, 0.05) is 38.4 Å². The summed E-state index contributed by atoms with van der Waals surface area (Å²) in [4.78, 5) is 35.2. The average molecular weight is 445 g/mol. The number of benzene rings is 1. The monoisotopic (exact) mass is 444 g/mol. The first kappa shape index (κ1) is 21.7. The van der Waals surface area contributed by atoms with Gasteiger partial charge in [0.1, 0.15) is 5.65 Å². The van der Waals surface area contributed by atoms with E-state index in [2.05, 4.69) is 12.1 Å². The number of fused-ring (bicyclic) bond motifs is 1. The molecule has 6 heteroatoms. The summed E-state index contributed by atoms with van der Waals surface area (Å²) in [5, 5.41) is 0. The lowest BCUT2D eigenvalue weighted by molar-refractivity contribution is -0.134. The second kappa shape index (κ2) is 9.38. The molecule has 6 nitrogen and oxygen atoms in total. The highest BCUT2D eigenvalue weighted by Gasteiger charge is 2.36. The SMILES string of the molecule is Cc1cccn2cc(CN3CCN(C(=O)C(c4ccccc4)C4CCCC4)CCC3=O)nc12. The van der Waals surface area contributed by atoms with Crippen molar-refractivity contribution in [3.63, 3.8) is 0 Å². The van der Waals surface area contributed by atoms with Crippen LogP contribution in [0.25, 0.3) is 5.65 Å². The van der Waals surface area contributed by atoms with Gasteiger partial charge in [-0.05, 0) is 42.9 Å². The summed E-state index contributed by atoms with van der Waals surface area (Å²) in [6.45, 7) is 4.14. The molecular weight excluding hydrogens is 412 g/mol. The number of carbonyl (C=O) groups excluding carboxylic acids is 2. The Morgan fingerprint density at radius 3 is 2.61 bits per heavy atom. The van der Waals surface area contributed by atoms with Gasteiger partial charge in [-0.1, -0.05) is 49.2 Å². The van der Waals surface area contributed by atoms with Crippen LogP contribution in [0.5, 0.6) is 0 Å². The first-order chi connectivity index (χ1) is 16.1. The Labute approximate surface area is 195 Å². The maximum Gasteiger partial charge on any atom is 0.230 e. The van der Waals surface area contributed by atoms with Crippen molar-refractivity contribution in [2.45, 2.75) is 51.5 Å². The maximum atomic E-state index is 13.7. The quantitative estimate of drug-likeness (QED) is 0.593. The molecule has 0 radical (unpaired) electrons. The van der Waals surface area contributed by atoms with Crippen molar-refractivity contribution in [3.8, 4) is 0 Å². The maximum absolute atomic E-state index is 13.7. The van der Waals surface area contributed by atoms with Crippen LogP contribution in [-0.4, -0.2) is 50.6 Å². The van der Waals surface area contributed by atoms with Gasteiger partial charge in [0.05, 0.1) is 18.2 Å². The molecule has 0 N–H and O–H groups in total. The van der Waals surface area contributed by atoms with Gasteiger partial charge in [-0.25, -0.2) is 4.98 Å². The number of aromatic nitrogens is 2. The smallest absolute Gasteiger partial charge is 0.230 e. The first-order valence-electron chi connectivity index (χ1n) is 12.1. The number of hydrogen-bond donors (Lipinski definition) is 0. The molecule has 1 unspecified atom stereocenters. The van der Waals surface area contributed by atoms with Gasteiger partial charge in [0.2, 0.25) is 11.8 Å². The Balaban J connectivity index is 1.31. The largest absolute Gasteiger partial charge is 0.340 e. The fraction of sp³-hybridized carbons (Fsp3) is 0.444. The normalized spacial score (nSPS) is 18.6. The summed E-state index contributed by atoms with van der Waals surface area (Å²) < 4.78 is 2.01. The molecule has 0 spiro atoms. The van der Waals surface area contributed by atoms with Crippen LogP contribution in [0, 0.1) is 12.8 Å². The van der Waals surface area contributed by atoms with E-state index in [-0.39, 0.29) is 17.7 Å². The van der Waals surface area contributed by atoms with Crippen LogP contribution in [0.4, 0.5) is 0 Å². The van der Waals surface area contributed by atoms with Gasteiger partial charge < -0.3 is 14.2 Å². The number of nitrogens with zero attached hydrogens (tertiary/aromatic N) is 4. The molecule has 1 saturated heterocycles. The number of imidazole rings is 1. The van der Waals surface area contributed by atoms with E-state index in [0.29, 0.717) is 38.5 Å². The molecule has 3 aromatic rings. The number of pyridine rings is 1. The molecule has 1 atom stereocenters. The lowest BCUT2D eigenvalue weighted by Gasteiger charge is -2.30. The Bertz CT molecular complexity index is 1130. The van der Waals surface area contributed by atoms with Crippen molar-refractivity contribution >= 4 is 17.5 Å². The van der Waals surface area contributed by atoms with Crippen LogP contribution >= 0.6 is 0 Å². The number of rotatable bonds is 5. The minimum Gasteiger partial charge on any atom is -0.340 e. The molecule has 2 aliphatic rings. The molecule has 0 bridgehead atoms. The van der Waals surface area contributed by atoms with Crippen LogP contribution in [0.15, 0.2) is 54.9 Å². The highest BCUT2D eigenvalue weighted by Crippen LogP contribution is 2.38. The Hall–Kier alpha value is -3.15. The van der Waals surface area contributed by atoms with Gasteiger partial charge in [0.25, 0.3) is 0 Å². The number of hydrogen-bond acceptors (Lipinski definition) is 3. The molecule has 172 valence electrons. The van der Waals surface area contributed by atoms with E-state index in [0.717, 1.165) is 35.3 Å². The predicted octanol–water partition coefficient (Wildman–Crippen LogP) is 4.18. The summed E-state index contributed by atoms with van der Waals surface area (Å²) >= 11 is 0. The second-order valence-corrected chi connectivity index (χ2v) is 9.48. The Morgan fingerprint density at radius 1 is 1.06 bits per heavy atom. The van der Waals surface area contributed by atoms with Gasteiger partial charge in [-0.15, -0.1) is 0 Å². The molecule has 5 rings (SSSR count). The number of carbonyl (C=O) groups is 2. The molecule has 1 aromatic carbocycles. The van der Waals surface area contributed by atoms with Crippen LogP contribution in [0.3, 0.4) is 0 Å². The topological polar surface area (TPSA) is 57.9 Å². The summed E-state index contributed by atoms with van der Waals surface area (Å²) in [5.41, 5.74) is 4.03. The van der Waals surface area contributed by atoms with Crippen molar-refractivity contribution in [2.75, 3.05) is 19.6 Å². The minimum atomic E-state index is -0.100. The highest BCUT2D eigenvalue weighted by atomic mass is 16.2. The Kier molecular flexibility index (Phi) is 6.16. The van der Waals surface area contributed by atoms with Crippen molar-refractivity contribution in [3.05, 3.63) is 71.7 Å². The van der Waals surface area contributed by atoms with E-state index >= 15 is 0 Å². The lowest BCUT2D eigenvalue weighted by atomic mass is 9.83. The lowest BCUT2D eigenvalue weighted by Crippen LogP contribution is -2.40. The van der Waals surface area contributed by atoms with E-state index in [1.54, 1.807) is 0 Å². The van der Waals surface area contributed by atoms with E-state index in [4.69, 9.17) is 4.98 Å². The van der Waals surface area contributed by atoms with Crippen molar-refractivity contribution in [1.82, 2.24) is 19.2 Å². The Morgan fingerprint density at radius 2 is 1.85 bits per heavy atom. The van der Waals surface area contributed by atoms with Crippen molar-refractivity contribution < 1.29 is 9.59 Å². The number of amides is 2. The molecule has 1 aliphatic heterocycles. The third kappa shape index (κ3) is 4.52. The predicted molar refractivity (Wildman–Crippen MR) is 128 cm³/mol. The van der Waals surface area contributed by atoms with E-state index < -0.39 is 0 Å². The standard InChI is InChI=1S/C27H32N4O2/c1-20-8-7-14-31-19-23(28-26(20)31)18-30-17-16-29(15-13-24(30)32)27(33)25(22-11-5-6-12-22)21-9-3-2-4-10-21/h2-4,7-10,14,19,22,25H,5-6,11-13,15-18H2,1H3. The fourth-order valence-electron chi connectivity index (χ4n) is 5.49. The van der Waals surface area contributed by atoms with Crippen LogP contribution in [0.1, 0.15) is 54.8 Å². The summed E-state index contributed by atoms with van der Waals surface area (Å²) in [6, 6.07) is 14.3. The number of aryl methyl sites for hydroxylation is 1. The zero-order chi connectivity index (χ0) is 22.8. The molecule has 1 aliphatic carbocycles. The second-order valence-electron chi connectivity index (χ2n) is 9.48. The van der Waals surface area contributed by atoms with Gasteiger partial charge >= 0.3 is 0 Å². The molecular formula is C27H32N4O2. The average Bonchev–Trinajstić information content (AvgIpc) is 3.46. The summed E-state index contributed by atoms with van der Waals surface area (Å²) in [6.07, 6.45) is 8.96. The van der Waals surface area contributed by atoms with Crippen molar-refractivity contribution in [2.24, 2.45) is 5.92 Å². The van der Waals surface area contributed by atoms with Gasteiger partial charge in [-0.3, -0.25) is 9.59 Å². The third-order valence-corrected chi connectivity index (χ3v) is 7.28. The third-order valence-electron chi connectivity index (χ3n) is 7.28. The molecule has 3 heterocycles. The van der Waals surface area contributed by atoms with E-state index in [9.17, 15) is 9.59 Å². The summed E-state index contributed by atoms with van der Waals surface area (Å²) in [5.74, 6) is 0.579. The van der Waals surface area contributed by atoms with Gasteiger partial charge in [-0.2, -0.15) is 0 Å². The van der Waals surface area contributed by atoms with Crippen LogP contribution in [0.2, 0.25) is 0 Å². The van der Waals surface area contributed by atoms with Gasteiger partial charge in [0.15, 0.2) is 0 Å². The molecule has 2 fully saturated rings. The van der Waals surface area contributed by atoms with Crippen molar-refractivity contribution in [1.29, 1.82) is 0 Å². The van der Waals surface area contributed by atoms with E-state index in [1.807, 2.05) is 63.8 Å².